The summed E-state index contributed by atoms with van der Waals surface area (Å²) in [6, 6.07) is 13.6. The maximum atomic E-state index is 12.8. The van der Waals surface area contributed by atoms with Crippen LogP contribution in [0, 0.1) is 0 Å². The van der Waals surface area contributed by atoms with E-state index in [1.807, 2.05) is 41.3 Å². The molecule has 0 aromatic heterocycles. The van der Waals surface area contributed by atoms with E-state index in [1.165, 1.54) is 5.56 Å². The SMILES string of the molecule is CCCCOc1ccc(C(=O)N2CCC(c3ccc4c(c3)OCO4)C2)cc1. The minimum atomic E-state index is 0.0818. The monoisotopic (exact) mass is 367 g/mol. The Balaban J connectivity index is 1.37. The average molecular weight is 367 g/mol. The van der Waals surface area contributed by atoms with Crippen molar-refractivity contribution in [2.24, 2.45) is 0 Å². The van der Waals surface area contributed by atoms with Crippen molar-refractivity contribution in [1.29, 1.82) is 0 Å². The standard InChI is InChI=1S/C22H25NO4/c1-2-3-12-25-19-7-4-16(5-8-19)22(24)23-11-10-18(14-23)17-6-9-20-21(13-17)27-15-26-20/h4-9,13,18H,2-3,10-12,14-15H2,1H3. The Morgan fingerprint density at radius 2 is 1.96 bits per heavy atom. The summed E-state index contributed by atoms with van der Waals surface area (Å²) < 4.78 is 16.5. The molecule has 1 saturated heterocycles. The third-order valence-corrected chi connectivity index (χ3v) is 5.21. The number of hydrogen-bond donors (Lipinski definition) is 0. The second-order valence-corrected chi connectivity index (χ2v) is 7.08. The van der Waals surface area contributed by atoms with Crippen molar-refractivity contribution < 1.29 is 19.0 Å². The van der Waals surface area contributed by atoms with Crippen molar-refractivity contribution in [2.75, 3.05) is 26.5 Å². The topological polar surface area (TPSA) is 48.0 Å². The molecule has 2 aromatic rings. The molecule has 5 heteroatoms. The van der Waals surface area contributed by atoms with Crippen molar-refractivity contribution in [1.82, 2.24) is 4.90 Å². The highest BCUT2D eigenvalue weighted by atomic mass is 16.7. The molecule has 0 bridgehead atoms. The van der Waals surface area contributed by atoms with Crippen molar-refractivity contribution in [2.45, 2.75) is 32.1 Å². The minimum Gasteiger partial charge on any atom is -0.494 e. The quantitative estimate of drug-likeness (QED) is 0.717. The second-order valence-electron chi connectivity index (χ2n) is 7.08. The van der Waals surface area contributed by atoms with Crippen LogP contribution in [-0.4, -0.2) is 37.3 Å². The Kier molecular flexibility index (Phi) is 5.19. The molecule has 1 unspecified atom stereocenters. The molecule has 4 rings (SSSR count). The highest BCUT2D eigenvalue weighted by molar-refractivity contribution is 5.94. The van der Waals surface area contributed by atoms with Gasteiger partial charge >= 0.3 is 0 Å². The lowest BCUT2D eigenvalue weighted by molar-refractivity contribution is 0.0790. The number of unbranched alkanes of at least 4 members (excludes halogenated alkanes) is 1. The molecule has 2 aliphatic rings. The highest BCUT2D eigenvalue weighted by Crippen LogP contribution is 2.37. The third kappa shape index (κ3) is 3.87. The molecule has 2 aliphatic heterocycles. The molecule has 0 radical (unpaired) electrons. The van der Waals surface area contributed by atoms with E-state index in [0.29, 0.717) is 18.1 Å². The average Bonchev–Trinajstić information content (AvgIpc) is 3.37. The molecular weight excluding hydrogens is 342 g/mol. The maximum absolute atomic E-state index is 12.8. The number of ether oxygens (including phenoxy) is 3. The fraction of sp³-hybridized carbons (Fsp3) is 0.409. The number of likely N-dealkylation sites (tertiary alicyclic amines) is 1. The van der Waals surface area contributed by atoms with Crippen LogP contribution in [0.15, 0.2) is 42.5 Å². The van der Waals surface area contributed by atoms with E-state index >= 15 is 0 Å². The van der Waals surface area contributed by atoms with Gasteiger partial charge in [-0.05, 0) is 54.8 Å². The summed E-state index contributed by atoms with van der Waals surface area (Å²) in [7, 11) is 0. The maximum Gasteiger partial charge on any atom is 0.253 e. The van der Waals surface area contributed by atoms with Crippen LogP contribution in [0.25, 0.3) is 0 Å². The van der Waals surface area contributed by atoms with E-state index in [2.05, 4.69) is 13.0 Å². The molecule has 1 atom stereocenters. The zero-order valence-electron chi connectivity index (χ0n) is 15.6. The molecule has 2 heterocycles. The number of hydrogen-bond acceptors (Lipinski definition) is 4. The van der Waals surface area contributed by atoms with E-state index in [1.54, 1.807) is 0 Å². The molecule has 0 spiro atoms. The fourth-order valence-corrected chi connectivity index (χ4v) is 3.59. The molecule has 0 N–H and O–H groups in total. The normalized spacial score (nSPS) is 18.0. The van der Waals surface area contributed by atoms with Gasteiger partial charge in [0.25, 0.3) is 5.91 Å². The van der Waals surface area contributed by atoms with Crippen molar-refractivity contribution in [3.63, 3.8) is 0 Å². The molecule has 142 valence electrons. The van der Waals surface area contributed by atoms with Gasteiger partial charge in [0.2, 0.25) is 6.79 Å². The summed E-state index contributed by atoms with van der Waals surface area (Å²) in [5, 5.41) is 0. The predicted octanol–water partition coefficient (Wildman–Crippen LogP) is 4.22. The number of carbonyl (C=O) groups excluding carboxylic acids is 1. The van der Waals surface area contributed by atoms with E-state index < -0.39 is 0 Å². The van der Waals surface area contributed by atoms with Gasteiger partial charge in [-0.2, -0.15) is 0 Å². The van der Waals surface area contributed by atoms with E-state index in [9.17, 15) is 4.79 Å². The molecule has 1 amide bonds. The first kappa shape index (κ1) is 17.7. The molecule has 5 nitrogen and oxygen atoms in total. The molecule has 2 aromatic carbocycles. The zero-order chi connectivity index (χ0) is 18.6. The lowest BCUT2D eigenvalue weighted by Gasteiger charge is -2.17. The molecule has 1 fully saturated rings. The summed E-state index contributed by atoms with van der Waals surface area (Å²) in [4.78, 5) is 14.8. The van der Waals surface area contributed by atoms with Crippen molar-refractivity contribution in [3.05, 3.63) is 53.6 Å². The van der Waals surface area contributed by atoms with Gasteiger partial charge in [-0.3, -0.25) is 4.79 Å². The van der Waals surface area contributed by atoms with Gasteiger partial charge in [-0.25, -0.2) is 0 Å². The second kappa shape index (κ2) is 7.91. The van der Waals surface area contributed by atoms with Gasteiger partial charge in [-0.15, -0.1) is 0 Å². The van der Waals surface area contributed by atoms with E-state index in [-0.39, 0.29) is 12.7 Å². The summed E-state index contributed by atoms with van der Waals surface area (Å²) >= 11 is 0. The first-order chi connectivity index (χ1) is 13.2. The Hall–Kier alpha value is -2.69. The van der Waals surface area contributed by atoms with E-state index in [4.69, 9.17) is 14.2 Å². The molecule has 27 heavy (non-hydrogen) atoms. The lowest BCUT2D eigenvalue weighted by atomic mass is 9.98. The Morgan fingerprint density at radius 1 is 1.15 bits per heavy atom. The van der Waals surface area contributed by atoms with Crippen LogP contribution in [0.1, 0.15) is 48.0 Å². The van der Waals surface area contributed by atoms with Crippen LogP contribution in [0.5, 0.6) is 17.2 Å². The molecule has 0 aliphatic carbocycles. The predicted molar refractivity (Wildman–Crippen MR) is 103 cm³/mol. The Labute approximate surface area is 159 Å². The van der Waals surface area contributed by atoms with Crippen LogP contribution in [0.4, 0.5) is 0 Å². The van der Waals surface area contributed by atoms with Gasteiger partial charge in [0.05, 0.1) is 6.61 Å². The van der Waals surface area contributed by atoms with Gasteiger partial charge < -0.3 is 19.1 Å². The largest absolute Gasteiger partial charge is 0.494 e. The summed E-state index contributed by atoms with van der Waals surface area (Å²) in [5.74, 6) is 2.83. The molecular formula is C22H25NO4. The smallest absolute Gasteiger partial charge is 0.253 e. The van der Waals surface area contributed by atoms with E-state index in [0.717, 1.165) is 49.6 Å². The number of carbonyl (C=O) groups is 1. The highest BCUT2D eigenvalue weighted by Gasteiger charge is 2.29. The number of benzene rings is 2. The van der Waals surface area contributed by atoms with Crippen molar-refractivity contribution in [3.8, 4) is 17.2 Å². The van der Waals surface area contributed by atoms with Gasteiger partial charge in [0, 0.05) is 24.6 Å². The van der Waals surface area contributed by atoms with Crippen LogP contribution in [0.2, 0.25) is 0 Å². The van der Waals surface area contributed by atoms with Crippen molar-refractivity contribution >= 4 is 5.91 Å². The Bertz CT molecular complexity index is 802. The zero-order valence-corrected chi connectivity index (χ0v) is 15.6. The number of fused-ring (bicyclic) bond motifs is 1. The Morgan fingerprint density at radius 3 is 2.78 bits per heavy atom. The first-order valence-corrected chi connectivity index (χ1v) is 9.66. The van der Waals surface area contributed by atoms with Crippen LogP contribution in [-0.2, 0) is 0 Å². The fourth-order valence-electron chi connectivity index (χ4n) is 3.59. The summed E-state index contributed by atoms with van der Waals surface area (Å²) in [5.41, 5.74) is 1.92. The van der Waals surface area contributed by atoms with Gasteiger partial charge in [0.15, 0.2) is 11.5 Å². The van der Waals surface area contributed by atoms with Gasteiger partial charge in [-0.1, -0.05) is 19.4 Å². The van der Waals surface area contributed by atoms with Crippen LogP contribution in [0.3, 0.4) is 0 Å². The van der Waals surface area contributed by atoms with Crippen LogP contribution >= 0.6 is 0 Å². The number of amides is 1. The third-order valence-electron chi connectivity index (χ3n) is 5.21. The first-order valence-electron chi connectivity index (χ1n) is 9.66. The number of rotatable bonds is 6. The van der Waals surface area contributed by atoms with Crippen LogP contribution < -0.4 is 14.2 Å². The van der Waals surface area contributed by atoms with Gasteiger partial charge in [0.1, 0.15) is 5.75 Å². The summed E-state index contributed by atoms with van der Waals surface area (Å²) in [6.45, 7) is 4.64. The number of nitrogens with zero attached hydrogens (tertiary/aromatic N) is 1. The minimum absolute atomic E-state index is 0.0818. The lowest BCUT2D eigenvalue weighted by Crippen LogP contribution is -2.28. The summed E-state index contributed by atoms with van der Waals surface area (Å²) in [6.07, 6.45) is 3.11. The molecule has 0 saturated carbocycles.